The van der Waals surface area contributed by atoms with E-state index in [9.17, 15) is 18.3 Å². The van der Waals surface area contributed by atoms with Gasteiger partial charge in [-0.2, -0.15) is 0 Å². The van der Waals surface area contributed by atoms with Crippen molar-refractivity contribution in [2.45, 2.75) is 108 Å². The topological polar surface area (TPSA) is 95.9 Å². The molecule has 6 atom stereocenters. The number of carbonyl (C=O) groups is 1. The Labute approximate surface area is 292 Å². The average molecular weight is 697 g/mol. The van der Waals surface area contributed by atoms with E-state index in [0.29, 0.717) is 43.3 Å². The summed E-state index contributed by atoms with van der Waals surface area (Å²) in [4.78, 5) is 16.1. The molecule has 1 heterocycles. The number of amides is 1. The molecule has 0 aromatic heterocycles. The van der Waals surface area contributed by atoms with Gasteiger partial charge in [0.25, 0.3) is 5.91 Å². The molecule has 48 heavy (non-hydrogen) atoms. The van der Waals surface area contributed by atoms with E-state index in [2.05, 4.69) is 34.8 Å². The molecule has 1 amide bonds. The van der Waals surface area contributed by atoms with Crippen LogP contribution in [0.4, 0.5) is 5.69 Å². The van der Waals surface area contributed by atoms with Gasteiger partial charge in [-0.25, -0.2) is 13.1 Å². The molecular weight excluding hydrogens is 644 g/mol. The van der Waals surface area contributed by atoms with Crippen molar-refractivity contribution in [2.24, 2.45) is 23.7 Å². The minimum absolute atomic E-state index is 0.0427. The Morgan fingerprint density at radius 3 is 2.69 bits per heavy atom. The zero-order valence-corrected chi connectivity index (χ0v) is 30.4. The standard InChI is InChI=1S/C39H53ClN2O5S/c1-4-6-7-10-35(43)32-16-13-30(32)23-42-24-39(19-8-9-28-21-31(40)15-17-33(28)39)25-47-36-18-14-29(22-34(36)42)38(44)41-48(45,46)37(26(3)5-2)20-27-11-12-27/h7,10,14-15,17-18,21-22,26-27,30,32,35,37,43H,4-6,8-9,11-13,16,19-20,23-25H2,1-3H3,(H,41,44)/b10-7+/t26-,30?,32?,35?,37+,39-/m0/s1. The van der Waals surface area contributed by atoms with E-state index in [1.807, 2.05) is 38.1 Å². The van der Waals surface area contributed by atoms with Gasteiger partial charge in [-0.15, -0.1) is 0 Å². The summed E-state index contributed by atoms with van der Waals surface area (Å²) in [7, 11) is -3.87. The highest BCUT2D eigenvalue weighted by Gasteiger charge is 2.44. The Morgan fingerprint density at radius 2 is 1.98 bits per heavy atom. The molecule has 4 aliphatic rings. The molecule has 2 saturated carbocycles. The number of halogens is 1. The number of ether oxygens (including phenoxy) is 1. The van der Waals surface area contributed by atoms with Crippen LogP contribution in [-0.2, 0) is 21.9 Å². The molecule has 0 radical (unpaired) electrons. The van der Waals surface area contributed by atoms with Crippen molar-refractivity contribution in [3.05, 3.63) is 70.3 Å². The van der Waals surface area contributed by atoms with Gasteiger partial charge in [0.1, 0.15) is 5.75 Å². The highest BCUT2D eigenvalue weighted by atomic mass is 35.5. The van der Waals surface area contributed by atoms with Gasteiger partial charge in [-0.1, -0.05) is 76.3 Å². The third kappa shape index (κ3) is 7.61. The maximum absolute atomic E-state index is 13.7. The molecule has 1 spiro atoms. The number of aliphatic hydroxyl groups excluding tert-OH is 1. The van der Waals surface area contributed by atoms with Crippen LogP contribution in [0, 0.1) is 23.7 Å². The third-order valence-electron chi connectivity index (χ3n) is 11.6. The first-order valence-corrected chi connectivity index (χ1v) is 20.2. The molecule has 3 unspecified atom stereocenters. The Kier molecular flexibility index (Phi) is 10.8. The number of allylic oxidation sites excluding steroid dienone is 1. The van der Waals surface area contributed by atoms with Gasteiger partial charge in [-0.3, -0.25) is 4.79 Å². The van der Waals surface area contributed by atoms with Gasteiger partial charge >= 0.3 is 0 Å². The van der Waals surface area contributed by atoms with Gasteiger partial charge < -0.3 is 14.7 Å². The lowest BCUT2D eigenvalue weighted by atomic mass is 9.68. The normalized spacial score (nSPS) is 25.7. The van der Waals surface area contributed by atoms with E-state index in [0.717, 1.165) is 74.9 Å². The second kappa shape index (κ2) is 14.7. The Hall–Kier alpha value is -2.55. The summed E-state index contributed by atoms with van der Waals surface area (Å²) in [6, 6.07) is 11.5. The van der Waals surface area contributed by atoms with E-state index in [1.54, 1.807) is 6.07 Å². The minimum atomic E-state index is -3.87. The lowest BCUT2D eigenvalue weighted by Gasteiger charge is -2.45. The van der Waals surface area contributed by atoms with Crippen molar-refractivity contribution in [1.29, 1.82) is 0 Å². The first-order chi connectivity index (χ1) is 23.0. The maximum atomic E-state index is 13.7. The molecule has 2 N–H and O–H groups in total. The van der Waals surface area contributed by atoms with E-state index in [-0.39, 0.29) is 23.2 Å². The number of hydrogen-bond acceptors (Lipinski definition) is 6. The number of benzene rings is 2. The van der Waals surface area contributed by atoms with Gasteiger partial charge in [0.2, 0.25) is 10.0 Å². The fourth-order valence-corrected chi connectivity index (χ4v) is 10.3. The van der Waals surface area contributed by atoms with Crippen molar-refractivity contribution in [2.75, 3.05) is 24.6 Å². The van der Waals surface area contributed by atoms with Crippen molar-refractivity contribution in [3.63, 3.8) is 0 Å². The van der Waals surface area contributed by atoms with Crippen LogP contribution in [0.3, 0.4) is 0 Å². The second-order valence-electron chi connectivity index (χ2n) is 15.1. The van der Waals surface area contributed by atoms with E-state index >= 15 is 0 Å². The summed E-state index contributed by atoms with van der Waals surface area (Å²) in [5.74, 6) is 0.921. The van der Waals surface area contributed by atoms with Crippen LogP contribution in [0.15, 0.2) is 48.6 Å². The molecule has 1 aliphatic heterocycles. The molecule has 9 heteroatoms. The van der Waals surface area contributed by atoms with Crippen LogP contribution in [0.25, 0.3) is 0 Å². The Bertz CT molecular complexity index is 1610. The lowest BCUT2D eigenvalue weighted by molar-refractivity contribution is 0.0456. The third-order valence-corrected chi connectivity index (χ3v) is 13.8. The number of unbranched alkanes of at least 4 members (excludes halogenated alkanes) is 1. The van der Waals surface area contributed by atoms with Crippen LogP contribution in [0.1, 0.15) is 106 Å². The maximum Gasteiger partial charge on any atom is 0.264 e. The number of carbonyl (C=O) groups excluding carboxylic acids is 1. The summed E-state index contributed by atoms with van der Waals surface area (Å²) < 4.78 is 36.3. The molecule has 2 aromatic rings. The molecule has 3 aliphatic carbocycles. The Balaban J connectivity index is 1.31. The van der Waals surface area contributed by atoms with Gasteiger partial charge in [0.15, 0.2) is 0 Å². The van der Waals surface area contributed by atoms with Crippen molar-refractivity contribution >= 4 is 33.2 Å². The summed E-state index contributed by atoms with van der Waals surface area (Å²) in [6.07, 6.45) is 14.0. The number of anilines is 1. The number of aryl methyl sites for hydroxylation is 1. The van der Waals surface area contributed by atoms with E-state index in [1.165, 1.54) is 11.1 Å². The zero-order valence-electron chi connectivity index (χ0n) is 28.8. The van der Waals surface area contributed by atoms with Gasteiger partial charge in [0, 0.05) is 29.1 Å². The predicted octanol–water partition coefficient (Wildman–Crippen LogP) is 7.83. The van der Waals surface area contributed by atoms with Crippen molar-refractivity contribution in [1.82, 2.24) is 4.72 Å². The highest BCUT2D eigenvalue weighted by molar-refractivity contribution is 7.90. The Morgan fingerprint density at radius 1 is 1.17 bits per heavy atom. The quantitative estimate of drug-likeness (QED) is 0.207. The van der Waals surface area contributed by atoms with Crippen molar-refractivity contribution < 1.29 is 23.1 Å². The van der Waals surface area contributed by atoms with E-state index < -0.39 is 27.3 Å². The number of aliphatic hydroxyl groups is 1. The smallest absolute Gasteiger partial charge is 0.264 e. The van der Waals surface area contributed by atoms with Crippen LogP contribution < -0.4 is 14.4 Å². The summed E-state index contributed by atoms with van der Waals surface area (Å²) in [5, 5.41) is 11.2. The SMILES string of the molecule is CCC/C=C/C(O)C1CCC1CN1C[C@@]2(CCCc3cc(Cl)ccc32)COc2ccc(C(=O)NS(=O)(=O)[C@H](CC3CC3)[C@@H](C)CC)cc21. The minimum Gasteiger partial charge on any atom is -0.490 e. The van der Waals surface area contributed by atoms with Crippen LogP contribution in [-0.4, -0.2) is 50.5 Å². The number of nitrogens with one attached hydrogen (secondary N) is 1. The summed E-state index contributed by atoms with van der Waals surface area (Å²) >= 11 is 6.44. The molecule has 7 nitrogen and oxygen atoms in total. The van der Waals surface area contributed by atoms with Gasteiger partial charge in [-0.05, 0) is 110 Å². The number of rotatable bonds is 13. The molecular formula is C39H53ClN2O5S. The van der Waals surface area contributed by atoms with Gasteiger partial charge in [0.05, 0.1) is 23.6 Å². The fourth-order valence-electron chi connectivity index (χ4n) is 8.23. The molecule has 2 fully saturated rings. The average Bonchev–Trinajstić information content (AvgIpc) is 3.89. The number of hydrogen-bond donors (Lipinski definition) is 2. The molecule has 0 bridgehead atoms. The lowest BCUT2D eigenvalue weighted by Crippen LogP contribution is -2.49. The molecule has 2 aromatic carbocycles. The van der Waals surface area contributed by atoms with Crippen molar-refractivity contribution in [3.8, 4) is 5.75 Å². The monoisotopic (exact) mass is 696 g/mol. The molecule has 262 valence electrons. The highest BCUT2D eigenvalue weighted by Crippen LogP contribution is 2.47. The predicted molar refractivity (Wildman–Crippen MR) is 193 cm³/mol. The summed E-state index contributed by atoms with van der Waals surface area (Å²) in [5.41, 5.74) is 3.36. The first-order valence-electron chi connectivity index (χ1n) is 18.2. The zero-order chi connectivity index (χ0) is 34.1. The molecule has 6 rings (SSSR count). The fraction of sp³-hybridized carbons (Fsp3) is 0.615. The number of nitrogens with zero attached hydrogens (tertiary/aromatic N) is 1. The van der Waals surface area contributed by atoms with E-state index in [4.69, 9.17) is 16.3 Å². The van der Waals surface area contributed by atoms with Crippen LogP contribution >= 0.6 is 11.6 Å². The first kappa shape index (κ1) is 35.3. The number of fused-ring (bicyclic) bond motifs is 3. The number of sulfonamides is 1. The second-order valence-corrected chi connectivity index (χ2v) is 17.4. The largest absolute Gasteiger partial charge is 0.490 e. The van der Waals surface area contributed by atoms with Crippen LogP contribution in [0.5, 0.6) is 5.75 Å². The van der Waals surface area contributed by atoms with Crippen LogP contribution in [0.2, 0.25) is 5.02 Å². The summed E-state index contributed by atoms with van der Waals surface area (Å²) in [6.45, 7) is 8.01. The molecule has 0 saturated heterocycles.